The minimum absolute atomic E-state index is 0.0737. The fraction of sp³-hybridized carbons (Fsp3) is 0.263. The highest BCUT2D eigenvalue weighted by atomic mass is 35.5. The van der Waals surface area contributed by atoms with Crippen LogP contribution in [0.3, 0.4) is 0 Å². The fourth-order valence-corrected chi connectivity index (χ4v) is 2.89. The summed E-state index contributed by atoms with van der Waals surface area (Å²) in [6.07, 6.45) is 2.37. The first-order chi connectivity index (χ1) is 11.5. The van der Waals surface area contributed by atoms with Crippen LogP contribution in [0, 0.1) is 0 Å². The third-order valence-electron chi connectivity index (χ3n) is 4.20. The van der Waals surface area contributed by atoms with Gasteiger partial charge in [0.1, 0.15) is 0 Å². The molecular formula is C19H19ClN2O2. The van der Waals surface area contributed by atoms with Crippen LogP contribution >= 0.6 is 11.6 Å². The van der Waals surface area contributed by atoms with Gasteiger partial charge in [0.2, 0.25) is 11.8 Å². The van der Waals surface area contributed by atoms with E-state index in [9.17, 15) is 9.59 Å². The van der Waals surface area contributed by atoms with Crippen molar-refractivity contribution < 1.29 is 9.59 Å². The first-order valence-corrected chi connectivity index (χ1v) is 8.34. The molecule has 2 amide bonds. The predicted molar refractivity (Wildman–Crippen MR) is 93.7 cm³/mol. The highest BCUT2D eigenvalue weighted by Crippen LogP contribution is 2.29. The van der Waals surface area contributed by atoms with Crippen molar-refractivity contribution >= 4 is 23.4 Å². The number of halogens is 1. The van der Waals surface area contributed by atoms with Crippen LogP contribution in [-0.2, 0) is 17.8 Å². The van der Waals surface area contributed by atoms with Crippen LogP contribution in [0.15, 0.2) is 48.5 Å². The molecule has 0 aromatic heterocycles. The number of hydrogen-bond acceptors (Lipinski definition) is 2. The molecule has 2 aromatic rings. The van der Waals surface area contributed by atoms with E-state index in [0.29, 0.717) is 29.6 Å². The monoisotopic (exact) mass is 342 g/mol. The van der Waals surface area contributed by atoms with Gasteiger partial charge in [0, 0.05) is 23.2 Å². The van der Waals surface area contributed by atoms with Crippen LogP contribution in [0.1, 0.15) is 34.3 Å². The highest BCUT2D eigenvalue weighted by molar-refractivity contribution is 6.31. The average Bonchev–Trinajstić information content (AvgIpc) is 3.40. The number of nitrogens with two attached hydrogens (primary N) is 1. The van der Waals surface area contributed by atoms with E-state index in [1.165, 1.54) is 0 Å². The Bertz CT molecular complexity index is 754. The number of primary amides is 1. The van der Waals surface area contributed by atoms with E-state index in [1.807, 2.05) is 35.2 Å². The van der Waals surface area contributed by atoms with Crippen LogP contribution in [0.4, 0.5) is 0 Å². The lowest BCUT2D eigenvalue weighted by Crippen LogP contribution is -2.33. The van der Waals surface area contributed by atoms with Gasteiger partial charge in [0.25, 0.3) is 0 Å². The molecule has 0 radical (unpaired) electrons. The molecule has 4 nitrogen and oxygen atoms in total. The lowest BCUT2D eigenvalue weighted by Gasteiger charge is -2.23. The van der Waals surface area contributed by atoms with Crippen LogP contribution < -0.4 is 5.73 Å². The zero-order valence-corrected chi connectivity index (χ0v) is 14.0. The molecule has 24 heavy (non-hydrogen) atoms. The molecule has 1 aliphatic carbocycles. The standard InChI is InChI=1S/C19H19ClN2O2/c20-17-4-2-1-3-15(17)11-18(23)22(16-9-10-16)12-13-5-7-14(8-6-13)19(21)24/h1-8,16H,9-12H2,(H2,21,24). The Morgan fingerprint density at radius 2 is 1.75 bits per heavy atom. The third-order valence-corrected chi connectivity index (χ3v) is 4.57. The minimum Gasteiger partial charge on any atom is -0.366 e. The summed E-state index contributed by atoms with van der Waals surface area (Å²) < 4.78 is 0. The van der Waals surface area contributed by atoms with Gasteiger partial charge < -0.3 is 10.6 Å². The zero-order valence-electron chi connectivity index (χ0n) is 13.2. The molecule has 3 rings (SSSR count). The number of carbonyl (C=O) groups excluding carboxylic acids is 2. The molecule has 0 spiro atoms. The number of amides is 2. The van der Waals surface area contributed by atoms with Gasteiger partial charge in [-0.05, 0) is 42.2 Å². The summed E-state index contributed by atoms with van der Waals surface area (Å²) in [5.41, 5.74) is 7.56. The van der Waals surface area contributed by atoms with E-state index in [-0.39, 0.29) is 5.91 Å². The maximum Gasteiger partial charge on any atom is 0.248 e. The predicted octanol–water partition coefficient (Wildman–Crippen LogP) is 3.17. The summed E-state index contributed by atoms with van der Waals surface area (Å²) in [5, 5.41) is 0.618. The summed E-state index contributed by atoms with van der Waals surface area (Å²) in [7, 11) is 0. The van der Waals surface area contributed by atoms with E-state index in [0.717, 1.165) is 24.0 Å². The van der Waals surface area contributed by atoms with Crippen LogP contribution in [0.2, 0.25) is 5.02 Å². The summed E-state index contributed by atoms with van der Waals surface area (Å²) in [6.45, 7) is 0.535. The summed E-state index contributed by atoms with van der Waals surface area (Å²) in [4.78, 5) is 25.8. The molecule has 0 bridgehead atoms. The van der Waals surface area contributed by atoms with Crippen LogP contribution in [0.25, 0.3) is 0 Å². The quantitative estimate of drug-likeness (QED) is 0.876. The SMILES string of the molecule is NC(=O)c1ccc(CN(C(=O)Cc2ccccc2Cl)C2CC2)cc1. The second kappa shape index (κ2) is 7.05. The Morgan fingerprint density at radius 3 is 2.33 bits per heavy atom. The second-order valence-corrected chi connectivity index (χ2v) is 6.49. The lowest BCUT2D eigenvalue weighted by molar-refractivity contribution is -0.131. The van der Waals surface area contributed by atoms with Crippen molar-refractivity contribution in [1.82, 2.24) is 4.90 Å². The number of carbonyl (C=O) groups is 2. The molecule has 0 saturated heterocycles. The highest BCUT2D eigenvalue weighted by Gasteiger charge is 2.32. The first kappa shape index (κ1) is 16.5. The van der Waals surface area contributed by atoms with Gasteiger partial charge in [-0.2, -0.15) is 0 Å². The molecule has 1 fully saturated rings. The summed E-state index contributed by atoms with van der Waals surface area (Å²) in [5.74, 6) is -0.375. The van der Waals surface area contributed by atoms with E-state index in [2.05, 4.69) is 0 Å². The van der Waals surface area contributed by atoms with Gasteiger partial charge in [-0.15, -0.1) is 0 Å². The van der Waals surface area contributed by atoms with Crippen molar-refractivity contribution in [3.05, 3.63) is 70.2 Å². The molecule has 0 heterocycles. The Morgan fingerprint density at radius 1 is 1.08 bits per heavy atom. The van der Waals surface area contributed by atoms with E-state index in [1.54, 1.807) is 18.2 Å². The van der Waals surface area contributed by atoms with Crippen molar-refractivity contribution in [2.45, 2.75) is 31.8 Å². The van der Waals surface area contributed by atoms with E-state index >= 15 is 0 Å². The molecule has 124 valence electrons. The maximum absolute atomic E-state index is 12.7. The van der Waals surface area contributed by atoms with Gasteiger partial charge in [0.05, 0.1) is 6.42 Å². The zero-order chi connectivity index (χ0) is 17.1. The molecule has 0 unspecified atom stereocenters. The maximum atomic E-state index is 12.7. The molecular weight excluding hydrogens is 324 g/mol. The Balaban J connectivity index is 1.71. The summed E-state index contributed by atoms with van der Waals surface area (Å²) in [6, 6.07) is 14.8. The van der Waals surface area contributed by atoms with E-state index in [4.69, 9.17) is 17.3 Å². The van der Waals surface area contributed by atoms with Crippen LogP contribution in [-0.4, -0.2) is 22.8 Å². The number of benzene rings is 2. The fourth-order valence-electron chi connectivity index (χ4n) is 2.68. The van der Waals surface area contributed by atoms with Crippen molar-refractivity contribution in [3.63, 3.8) is 0 Å². The van der Waals surface area contributed by atoms with Crippen molar-refractivity contribution in [2.75, 3.05) is 0 Å². The topological polar surface area (TPSA) is 63.4 Å². The lowest BCUT2D eigenvalue weighted by atomic mass is 10.1. The molecule has 2 N–H and O–H groups in total. The van der Waals surface area contributed by atoms with Crippen molar-refractivity contribution in [1.29, 1.82) is 0 Å². The summed E-state index contributed by atoms with van der Waals surface area (Å²) >= 11 is 6.16. The van der Waals surface area contributed by atoms with Crippen LogP contribution in [0.5, 0.6) is 0 Å². The van der Waals surface area contributed by atoms with E-state index < -0.39 is 5.91 Å². The molecule has 1 aliphatic rings. The Kier molecular flexibility index (Phi) is 4.86. The Hall–Kier alpha value is -2.33. The molecule has 0 aliphatic heterocycles. The average molecular weight is 343 g/mol. The molecule has 5 heteroatoms. The van der Waals surface area contributed by atoms with Gasteiger partial charge in [-0.3, -0.25) is 9.59 Å². The second-order valence-electron chi connectivity index (χ2n) is 6.08. The van der Waals surface area contributed by atoms with Gasteiger partial charge in [-0.25, -0.2) is 0 Å². The van der Waals surface area contributed by atoms with Crippen molar-refractivity contribution in [2.24, 2.45) is 5.73 Å². The number of rotatable bonds is 6. The normalized spacial score (nSPS) is 13.5. The third kappa shape index (κ3) is 3.95. The largest absolute Gasteiger partial charge is 0.366 e. The van der Waals surface area contributed by atoms with Gasteiger partial charge in [0.15, 0.2) is 0 Å². The van der Waals surface area contributed by atoms with Crippen molar-refractivity contribution in [3.8, 4) is 0 Å². The number of hydrogen-bond donors (Lipinski definition) is 1. The molecule has 0 atom stereocenters. The molecule has 2 aromatic carbocycles. The minimum atomic E-state index is -0.449. The van der Waals surface area contributed by atoms with Gasteiger partial charge in [-0.1, -0.05) is 41.9 Å². The number of nitrogens with zero attached hydrogens (tertiary/aromatic N) is 1. The molecule has 1 saturated carbocycles. The first-order valence-electron chi connectivity index (χ1n) is 7.96. The van der Waals surface area contributed by atoms with Gasteiger partial charge >= 0.3 is 0 Å². The smallest absolute Gasteiger partial charge is 0.248 e. The Labute approximate surface area is 146 Å².